The third-order valence-corrected chi connectivity index (χ3v) is 2.70. The van der Waals surface area contributed by atoms with Gasteiger partial charge in [-0.15, -0.1) is 0 Å². The number of nitrogens with one attached hydrogen (secondary N) is 1. The van der Waals surface area contributed by atoms with Crippen molar-refractivity contribution in [1.82, 2.24) is 0 Å². The highest BCUT2D eigenvalue weighted by atomic mass is 32.1. The lowest BCUT2D eigenvalue weighted by Crippen LogP contribution is -2.12. The molecule has 0 aromatic heterocycles. The number of thiol groups is 1. The largest absolute Gasteiger partial charge is 0.385 e. The molecule has 1 N–H and O–H groups in total. The van der Waals surface area contributed by atoms with Gasteiger partial charge in [-0.3, -0.25) is 0 Å². The van der Waals surface area contributed by atoms with Crippen molar-refractivity contribution >= 4 is 18.3 Å². The second-order valence-corrected chi connectivity index (χ2v) is 3.45. The van der Waals surface area contributed by atoms with Crippen LogP contribution in [0, 0.1) is 0 Å². The summed E-state index contributed by atoms with van der Waals surface area (Å²) >= 11 is 4.32. The predicted molar refractivity (Wildman–Crippen MR) is 55.9 cm³/mol. The summed E-state index contributed by atoms with van der Waals surface area (Å²) in [4.78, 5) is 0. The van der Waals surface area contributed by atoms with Crippen LogP contribution in [-0.4, -0.2) is 6.54 Å². The molecule has 0 amide bonds. The van der Waals surface area contributed by atoms with Crippen molar-refractivity contribution < 1.29 is 0 Å². The van der Waals surface area contributed by atoms with Crippen LogP contribution >= 0.6 is 12.6 Å². The van der Waals surface area contributed by atoms with Gasteiger partial charge in [0.15, 0.2) is 0 Å². The van der Waals surface area contributed by atoms with Gasteiger partial charge in [0.1, 0.15) is 0 Å². The first-order valence-electron chi connectivity index (χ1n) is 4.37. The fourth-order valence-electron chi connectivity index (χ4n) is 1.73. The van der Waals surface area contributed by atoms with Crippen LogP contribution in [0.15, 0.2) is 18.2 Å². The van der Waals surface area contributed by atoms with Crippen molar-refractivity contribution in [1.29, 1.82) is 0 Å². The van der Waals surface area contributed by atoms with Crippen molar-refractivity contribution in [3.63, 3.8) is 0 Å². The molecular formula is C10H13NS. The summed E-state index contributed by atoms with van der Waals surface area (Å²) in [7, 11) is 0. The van der Waals surface area contributed by atoms with E-state index in [2.05, 4.69) is 36.1 Å². The van der Waals surface area contributed by atoms with Crippen molar-refractivity contribution in [2.24, 2.45) is 0 Å². The SMILES string of the molecule is SCc1cccc2c1CCCN2. The molecule has 2 rings (SSSR count). The molecule has 1 aliphatic heterocycles. The second-order valence-electron chi connectivity index (χ2n) is 3.13. The van der Waals surface area contributed by atoms with Gasteiger partial charge in [0.25, 0.3) is 0 Å². The molecule has 1 heterocycles. The molecule has 1 aliphatic rings. The van der Waals surface area contributed by atoms with E-state index < -0.39 is 0 Å². The first-order chi connectivity index (χ1) is 5.92. The summed E-state index contributed by atoms with van der Waals surface area (Å²) in [6.45, 7) is 1.11. The molecule has 0 radical (unpaired) electrons. The summed E-state index contributed by atoms with van der Waals surface area (Å²) in [6.07, 6.45) is 2.46. The topological polar surface area (TPSA) is 12.0 Å². The van der Waals surface area contributed by atoms with Crippen LogP contribution in [-0.2, 0) is 12.2 Å². The molecule has 64 valence electrons. The van der Waals surface area contributed by atoms with E-state index in [-0.39, 0.29) is 0 Å². The minimum absolute atomic E-state index is 0.852. The highest BCUT2D eigenvalue weighted by Crippen LogP contribution is 2.25. The van der Waals surface area contributed by atoms with Gasteiger partial charge in [-0.1, -0.05) is 12.1 Å². The molecule has 0 fully saturated rings. The molecule has 0 aliphatic carbocycles. The van der Waals surface area contributed by atoms with E-state index in [1.54, 1.807) is 0 Å². The Morgan fingerprint density at radius 1 is 1.42 bits per heavy atom. The maximum absolute atomic E-state index is 4.32. The van der Waals surface area contributed by atoms with Gasteiger partial charge in [-0.25, -0.2) is 0 Å². The maximum atomic E-state index is 4.32. The number of hydrogen-bond donors (Lipinski definition) is 2. The van der Waals surface area contributed by atoms with Crippen LogP contribution < -0.4 is 5.32 Å². The standard InChI is InChI=1S/C10H13NS/c12-7-8-3-1-5-10-9(8)4-2-6-11-10/h1,3,5,11-12H,2,4,6-7H2. The van der Waals surface area contributed by atoms with Gasteiger partial charge in [-0.2, -0.15) is 12.6 Å². The van der Waals surface area contributed by atoms with Crippen LogP contribution in [0.1, 0.15) is 17.5 Å². The first kappa shape index (κ1) is 7.99. The lowest BCUT2D eigenvalue weighted by Gasteiger charge is -2.20. The average Bonchev–Trinajstić information content (AvgIpc) is 2.17. The highest BCUT2D eigenvalue weighted by molar-refractivity contribution is 7.79. The van der Waals surface area contributed by atoms with Gasteiger partial charge in [0.2, 0.25) is 0 Å². The third kappa shape index (κ3) is 1.31. The van der Waals surface area contributed by atoms with E-state index in [1.165, 1.54) is 29.7 Å². The molecule has 0 saturated carbocycles. The number of anilines is 1. The summed E-state index contributed by atoms with van der Waals surface area (Å²) < 4.78 is 0. The zero-order valence-corrected chi connectivity index (χ0v) is 7.90. The average molecular weight is 179 g/mol. The van der Waals surface area contributed by atoms with Crippen LogP contribution in [0.3, 0.4) is 0 Å². The molecular weight excluding hydrogens is 166 g/mol. The lowest BCUT2D eigenvalue weighted by atomic mass is 9.99. The van der Waals surface area contributed by atoms with Gasteiger partial charge in [0, 0.05) is 18.0 Å². The number of fused-ring (bicyclic) bond motifs is 1. The van der Waals surface area contributed by atoms with E-state index >= 15 is 0 Å². The normalized spacial score (nSPS) is 15.1. The Morgan fingerprint density at radius 2 is 2.33 bits per heavy atom. The van der Waals surface area contributed by atoms with Gasteiger partial charge < -0.3 is 5.32 Å². The van der Waals surface area contributed by atoms with Gasteiger partial charge in [-0.05, 0) is 30.0 Å². The fourth-order valence-corrected chi connectivity index (χ4v) is 2.03. The van der Waals surface area contributed by atoms with Gasteiger partial charge >= 0.3 is 0 Å². The van der Waals surface area contributed by atoms with Crippen molar-refractivity contribution in [2.45, 2.75) is 18.6 Å². The molecule has 2 heteroatoms. The number of benzene rings is 1. The minimum atomic E-state index is 0.852. The Labute approximate surface area is 78.6 Å². The number of hydrogen-bond acceptors (Lipinski definition) is 2. The predicted octanol–water partition coefficient (Wildman–Crippen LogP) is 2.47. The molecule has 0 spiro atoms. The highest BCUT2D eigenvalue weighted by Gasteiger charge is 2.10. The monoisotopic (exact) mass is 179 g/mol. The Morgan fingerprint density at radius 3 is 3.17 bits per heavy atom. The van der Waals surface area contributed by atoms with Crippen LogP contribution in [0.5, 0.6) is 0 Å². The second kappa shape index (κ2) is 3.40. The van der Waals surface area contributed by atoms with E-state index in [9.17, 15) is 0 Å². The molecule has 1 aromatic rings. The maximum Gasteiger partial charge on any atom is 0.0375 e. The fraction of sp³-hybridized carbons (Fsp3) is 0.400. The third-order valence-electron chi connectivity index (χ3n) is 2.36. The zero-order chi connectivity index (χ0) is 8.39. The molecule has 12 heavy (non-hydrogen) atoms. The first-order valence-corrected chi connectivity index (χ1v) is 5.00. The van der Waals surface area contributed by atoms with Crippen molar-refractivity contribution in [3.05, 3.63) is 29.3 Å². The van der Waals surface area contributed by atoms with E-state index in [0.29, 0.717) is 0 Å². The van der Waals surface area contributed by atoms with E-state index in [4.69, 9.17) is 0 Å². The van der Waals surface area contributed by atoms with E-state index in [1.807, 2.05) is 0 Å². The molecule has 0 atom stereocenters. The lowest BCUT2D eigenvalue weighted by molar-refractivity contribution is 0.823. The summed E-state index contributed by atoms with van der Waals surface area (Å²) in [5.41, 5.74) is 4.16. The number of rotatable bonds is 1. The summed E-state index contributed by atoms with van der Waals surface area (Å²) in [5, 5.41) is 3.40. The molecule has 0 saturated heterocycles. The summed E-state index contributed by atoms with van der Waals surface area (Å²) in [6, 6.07) is 6.42. The molecule has 1 nitrogen and oxygen atoms in total. The van der Waals surface area contributed by atoms with Gasteiger partial charge in [0.05, 0.1) is 0 Å². The van der Waals surface area contributed by atoms with Crippen LogP contribution in [0.2, 0.25) is 0 Å². The van der Waals surface area contributed by atoms with Crippen LogP contribution in [0.25, 0.3) is 0 Å². The molecule has 0 unspecified atom stereocenters. The molecule has 1 aromatic carbocycles. The minimum Gasteiger partial charge on any atom is -0.385 e. The van der Waals surface area contributed by atoms with Crippen molar-refractivity contribution in [3.8, 4) is 0 Å². The quantitative estimate of drug-likeness (QED) is 0.631. The van der Waals surface area contributed by atoms with Crippen LogP contribution in [0.4, 0.5) is 5.69 Å². The molecule has 0 bridgehead atoms. The Bertz CT molecular complexity index is 269. The Kier molecular flexibility index (Phi) is 2.26. The summed E-state index contributed by atoms with van der Waals surface area (Å²) in [5.74, 6) is 0.852. The Hall–Kier alpha value is -0.630. The Balaban J connectivity index is 2.44. The smallest absolute Gasteiger partial charge is 0.0375 e. The zero-order valence-electron chi connectivity index (χ0n) is 7.01. The van der Waals surface area contributed by atoms with E-state index in [0.717, 1.165) is 12.3 Å². The van der Waals surface area contributed by atoms with Crippen molar-refractivity contribution in [2.75, 3.05) is 11.9 Å².